The minimum Gasteiger partial charge on any atom is -0.492 e. The summed E-state index contributed by atoms with van der Waals surface area (Å²) in [4.78, 5) is 0. The molecule has 0 saturated carbocycles. The fraction of sp³-hybridized carbons (Fsp3) is 0.364. The van der Waals surface area contributed by atoms with Crippen LogP contribution in [0.15, 0.2) is 30.3 Å². The van der Waals surface area contributed by atoms with E-state index in [4.69, 9.17) is 4.74 Å². The lowest BCUT2D eigenvalue weighted by molar-refractivity contribution is 0.279. The summed E-state index contributed by atoms with van der Waals surface area (Å²) in [6.07, 6.45) is 1.79. The molecule has 0 unspecified atom stereocenters. The molecule has 2 nitrogen and oxygen atoms in total. The summed E-state index contributed by atoms with van der Waals surface area (Å²) in [6, 6.07) is 10.6. The fourth-order valence-corrected chi connectivity index (χ4v) is 3.74. The van der Waals surface area contributed by atoms with Gasteiger partial charge in [0.15, 0.2) is 0 Å². The molecule has 0 radical (unpaired) electrons. The van der Waals surface area contributed by atoms with E-state index in [0.29, 0.717) is 6.61 Å². The monoisotopic (exact) mass is 350 g/mol. The molecule has 0 saturated heterocycles. The first-order valence-corrected chi connectivity index (χ1v) is 12.5. The van der Waals surface area contributed by atoms with Crippen molar-refractivity contribution >= 4 is 8.07 Å². The molecule has 0 bridgehead atoms. The Morgan fingerprint density at radius 1 is 1.16 bits per heavy atom. The predicted octanol–water partition coefficient (Wildman–Crippen LogP) is 4.57. The van der Waals surface area contributed by atoms with Gasteiger partial charge in [0.25, 0.3) is 0 Å². The quantitative estimate of drug-likeness (QED) is 0.649. The van der Waals surface area contributed by atoms with Crippen LogP contribution in [0.25, 0.3) is 11.1 Å². The molecule has 0 spiro atoms. The lowest BCUT2D eigenvalue weighted by Gasteiger charge is -2.15. The van der Waals surface area contributed by atoms with Gasteiger partial charge < -0.3 is 9.84 Å². The summed E-state index contributed by atoms with van der Waals surface area (Å²) in [7, 11) is -1.36. The number of aliphatic hydroxyl groups is 1. The van der Waals surface area contributed by atoms with Crippen molar-refractivity contribution < 1.29 is 9.84 Å². The van der Waals surface area contributed by atoms with Crippen LogP contribution in [-0.4, -0.2) is 19.8 Å². The van der Waals surface area contributed by atoms with Crippen molar-refractivity contribution in [2.45, 2.75) is 46.0 Å². The molecule has 25 heavy (non-hydrogen) atoms. The normalized spacial score (nSPS) is 13.0. The Morgan fingerprint density at radius 2 is 1.88 bits per heavy atom. The first-order chi connectivity index (χ1) is 11.9. The maximum Gasteiger partial charge on any atom is 0.130 e. The van der Waals surface area contributed by atoms with E-state index in [1.165, 1.54) is 11.1 Å². The third-order valence-electron chi connectivity index (χ3n) is 4.50. The van der Waals surface area contributed by atoms with Gasteiger partial charge in [0.2, 0.25) is 0 Å². The molecule has 1 N–H and O–H groups in total. The van der Waals surface area contributed by atoms with Crippen LogP contribution in [0.1, 0.15) is 29.2 Å². The van der Waals surface area contributed by atoms with Gasteiger partial charge in [-0.15, -0.1) is 5.54 Å². The van der Waals surface area contributed by atoms with Gasteiger partial charge in [0.05, 0.1) is 13.2 Å². The van der Waals surface area contributed by atoms with Crippen LogP contribution in [0.5, 0.6) is 5.75 Å². The smallest absolute Gasteiger partial charge is 0.130 e. The SMILES string of the molecule is CCc1cc(-c2ccc(C#C[Si](C)(C)C)cc2)c2c(c1CO)CCO2. The Kier molecular flexibility index (Phi) is 5.03. The second-order valence-electron chi connectivity index (χ2n) is 7.56. The minimum atomic E-state index is -1.36. The van der Waals surface area contributed by atoms with E-state index in [1.54, 1.807) is 0 Å². The predicted molar refractivity (Wildman–Crippen MR) is 107 cm³/mol. The van der Waals surface area contributed by atoms with E-state index < -0.39 is 8.07 Å². The van der Waals surface area contributed by atoms with Crippen LogP contribution >= 0.6 is 0 Å². The molecule has 0 amide bonds. The molecule has 0 fully saturated rings. The summed E-state index contributed by atoms with van der Waals surface area (Å²) in [5, 5.41) is 9.77. The number of rotatable bonds is 3. The maximum atomic E-state index is 9.77. The molecule has 1 aliphatic rings. The molecule has 1 aliphatic heterocycles. The second kappa shape index (κ2) is 7.07. The van der Waals surface area contributed by atoms with Crippen LogP contribution in [0.2, 0.25) is 19.6 Å². The molecule has 3 rings (SSSR count). The van der Waals surface area contributed by atoms with Crippen LogP contribution in [-0.2, 0) is 19.4 Å². The van der Waals surface area contributed by atoms with Gasteiger partial charge in [-0.05, 0) is 41.3 Å². The zero-order chi connectivity index (χ0) is 18.0. The number of fused-ring (bicyclic) bond motifs is 1. The van der Waals surface area contributed by atoms with Crippen LogP contribution in [0.4, 0.5) is 0 Å². The van der Waals surface area contributed by atoms with Gasteiger partial charge in [0.1, 0.15) is 13.8 Å². The molecule has 1 heterocycles. The molecule has 0 aliphatic carbocycles. The van der Waals surface area contributed by atoms with Crippen molar-refractivity contribution in [3.8, 4) is 28.3 Å². The highest BCUT2D eigenvalue weighted by atomic mass is 28.3. The molecule has 2 aromatic rings. The number of hydrogen-bond donors (Lipinski definition) is 1. The number of ether oxygens (including phenoxy) is 1. The van der Waals surface area contributed by atoms with Crippen LogP contribution in [0.3, 0.4) is 0 Å². The maximum absolute atomic E-state index is 9.77. The fourth-order valence-electron chi connectivity index (χ4n) is 3.22. The Bertz CT molecular complexity index is 834. The van der Waals surface area contributed by atoms with Crippen molar-refractivity contribution in [3.63, 3.8) is 0 Å². The van der Waals surface area contributed by atoms with Crippen molar-refractivity contribution in [1.29, 1.82) is 0 Å². The van der Waals surface area contributed by atoms with E-state index in [-0.39, 0.29) is 6.61 Å². The van der Waals surface area contributed by atoms with E-state index in [0.717, 1.165) is 40.8 Å². The van der Waals surface area contributed by atoms with Gasteiger partial charge in [-0.2, -0.15) is 0 Å². The standard InChI is InChI=1S/C22H26O2Si/c1-5-17-14-20(22-19(10-12-24-22)21(17)15-23)18-8-6-16(7-9-18)11-13-25(2,3)4/h6-9,14,23H,5,10,12,15H2,1-4H3. The molecular formula is C22H26O2Si. The third kappa shape index (κ3) is 3.81. The van der Waals surface area contributed by atoms with E-state index in [1.807, 2.05) is 0 Å². The van der Waals surface area contributed by atoms with Crippen molar-refractivity contribution in [2.75, 3.05) is 6.61 Å². The Balaban J connectivity index is 2.02. The summed E-state index contributed by atoms with van der Waals surface area (Å²) < 4.78 is 5.91. The third-order valence-corrected chi connectivity index (χ3v) is 5.38. The molecule has 3 heteroatoms. The van der Waals surface area contributed by atoms with Crippen LogP contribution in [0, 0.1) is 11.5 Å². The van der Waals surface area contributed by atoms with Gasteiger partial charge >= 0.3 is 0 Å². The lowest BCUT2D eigenvalue weighted by Crippen LogP contribution is -2.16. The minimum absolute atomic E-state index is 0.0837. The number of hydrogen-bond acceptors (Lipinski definition) is 2. The van der Waals surface area contributed by atoms with Gasteiger partial charge in [-0.1, -0.05) is 44.6 Å². The van der Waals surface area contributed by atoms with Crippen molar-refractivity contribution in [3.05, 3.63) is 52.6 Å². The second-order valence-corrected chi connectivity index (χ2v) is 12.3. The number of aliphatic hydroxyl groups excluding tert-OH is 1. The highest BCUT2D eigenvalue weighted by Gasteiger charge is 2.23. The van der Waals surface area contributed by atoms with Gasteiger partial charge in [-0.3, -0.25) is 0 Å². The Labute approximate surface area is 151 Å². The van der Waals surface area contributed by atoms with E-state index >= 15 is 0 Å². The summed E-state index contributed by atoms with van der Waals surface area (Å²) in [6.45, 7) is 9.68. The highest BCUT2D eigenvalue weighted by Crippen LogP contribution is 2.41. The van der Waals surface area contributed by atoms with E-state index in [2.05, 4.69) is 68.4 Å². The molecule has 130 valence electrons. The average Bonchev–Trinajstić information content (AvgIpc) is 3.08. The summed E-state index contributed by atoms with van der Waals surface area (Å²) in [5.74, 6) is 4.25. The van der Waals surface area contributed by atoms with E-state index in [9.17, 15) is 5.11 Å². The summed E-state index contributed by atoms with van der Waals surface area (Å²) in [5.41, 5.74) is 10.2. The zero-order valence-corrected chi connectivity index (χ0v) is 16.6. The topological polar surface area (TPSA) is 29.5 Å². The molecule has 0 atom stereocenters. The van der Waals surface area contributed by atoms with Gasteiger partial charge in [0, 0.05) is 23.1 Å². The Hall–Kier alpha value is -2.02. The first-order valence-electron chi connectivity index (χ1n) is 8.98. The number of benzene rings is 2. The number of aryl methyl sites for hydroxylation is 1. The summed E-state index contributed by atoms with van der Waals surface area (Å²) >= 11 is 0. The van der Waals surface area contributed by atoms with Crippen molar-refractivity contribution in [2.24, 2.45) is 0 Å². The lowest BCUT2D eigenvalue weighted by atomic mass is 9.91. The van der Waals surface area contributed by atoms with Crippen molar-refractivity contribution in [1.82, 2.24) is 0 Å². The molecule has 2 aromatic carbocycles. The largest absolute Gasteiger partial charge is 0.492 e. The van der Waals surface area contributed by atoms with Crippen LogP contribution < -0.4 is 4.74 Å². The zero-order valence-electron chi connectivity index (χ0n) is 15.6. The first kappa shape index (κ1) is 17.8. The highest BCUT2D eigenvalue weighted by molar-refractivity contribution is 6.83. The molecular weight excluding hydrogens is 324 g/mol. The Morgan fingerprint density at radius 3 is 2.48 bits per heavy atom. The molecule has 0 aromatic heterocycles. The average molecular weight is 351 g/mol. The van der Waals surface area contributed by atoms with Gasteiger partial charge in [-0.25, -0.2) is 0 Å².